The minimum absolute atomic E-state index is 0.235. The minimum atomic E-state index is 0.235. The molecule has 78 valence electrons. The number of nitrogens with zero attached hydrogens (tertiary/aromatic N) is 2. The third kappa shape index (κ3) is 1.81. The number of nitrogens with one attached hydrogen (secondary N) is 1. The van der Waals surface area contributed by atoms with Crippen molar-refractivity contribution in [3.05, 3.63) is 18.2 Å². The van der Waals surface area contributed by atoms with Crippen molar-refractivity contribution in [1.29, 1.82) is 0 Å². The molecule has 4 heteroatoms. The average molecular weight is 194 g/mol. The molecule has 3 N–H and O–H groups in total. The van der Waals surface area contributed by atoms with Crippen LogP contribution in [-0.2, 0) is 7.05 Å². The van der Waals surface area contributed by atoms with E-state index in [0.717, 1.165) is 5.69 Å². The van der Waals surface area contributed by atoms with E-state index in [1.807, 2.05) is 24.1 Å². The third-order valence-electron chi connectivity index (χ3n) is 3.09. The second kappa shape index (κ2) is 4.11. The lowest BCUT2D eigenvalue weighted by molar-refractivity contribution is 0.367. The fraction of sp³-hybridized carbons (Fsp3) is 0.700. The minimum Gasteiger partial charge on any atom is -0.340 e. The first kappa shape index (κ1) is 9.68. The predicted molar refractivity (Wildman–Crippen MR) is 55.2 cm³/mol. The summed E-state index contributed by atoms with van der Waals surface area (Å²) in [7, 11) is 1.98. The lowest BCUT2D eigenvalue weighted by Crippen LogP contribution is -2.32. The van der Waals surface area contributed by atoms with Crippen molar-refractivity contribution in [2.24, 2.45) is 18.8 Å². The standard InChI is InChI=1S/C10H18N4/c1-14-6-9(12-7-14)10(13-11)8-4-2-3-5-8/h6-8,10,13H,2-5,11H2,1H3. The largest absolute Gasteiger partial charge is 0.340 e. The van der Waals surface area contributed by atoms with Crippen molar-refractivity contribution in [3.8, 4) is 0 Å². The molecule has 0 aliphatic heterocycles. The average Bonchev–Trinajstić information content (AvgIpc) is 2.79. The van der Waals surface area contributed by atoms with Gasteiger partial charge in [0.2, 0.25) is 0 Å². The number of nitrogens with two attached hydrogens (primary N) is 1. The number of aromatic nitrogens is 2. The Labute approximate surface area is 84.5 Å². The summed E-state index contributed by atoms with van der Waals surface area (Å²) >= 11 is 0. The third-order valence-corrected chi connectivity index (χ3v) is 3.09. The maximum Gasteiger partial charge on any atom is 0.0947 e. The highest BCUT2D eigenvalue weighted by Crippen LogP contribution is 2.34. The van der Waals surface area contributed by atoms with Gasteiger partial charge in [-0.05, 0) is 18.8 Å². The van der Waals surface area contributed by atoms with Crippen LogP contribution >= 0.6 is 0 Å². The molecule has 2 rings (SSSR count). The van der Waals surface area contributed by atoms with Gasteiger partial charge in [-0.2, -0.15) is 0 Å². The molecule has 1 aliphatic carbocycles. The van der Waals surface area contributed by atoms with Crippen LogP contribution in [0.15, 0.2) is 12.5 Å². The van der Waals surface area contributed by atoms with E-state index in [1.54, 1.807) is 0 Å². The van der Waals surface area contributed by atoms with Crippen molar-refractivity contribution in [2.45, 2.75) is 31.7 Å². The van der Waals surface area contributed by atoms with Crippen LogP contribution in [0.3, 0.4) is 0 Å². The zero-order chi connectivity index (χ0) is 9.97. The van der Waals surface area contributed by atoms with Crippen molar-refractivity contribution >= 4 is 0 Å². The molecule has 0 bridgehead atoms. The molecule has 0 saturated heterocycles. The van der Waals surface area contributed by atoms with Gasteiger partial charge in [0.1, 0.15) is 0 Å². The van der Waals surface area contributed by atoms with Crippen LogP contribution in [-0.4, -0.2) is 9.55 Å². The van der Waals surface area contributed by atoms with E-state index in [4.69, 9.17) is 5.84 Å². The van der Waals surface area contributed by atoms with Crippen LogP contribution in [0.1, 0.15) is 37.4 Å². The topological polar surface area (TPSA) is 55.9 Å². The molecule has 1 aromatic rings. The van der Waals surface area contributed by atoms with Gasteiger partial charge in [-0.25, -0.2) is 4.98 Å². The van der Waals surface area contributed by atoms with E-state index in [9.17, 15) is 0 Å². The quantitative estimate of drug-likeness (QED) is 0.560. The molecule has 1 atom stereocenters. The first-order valence-corrected chi connectivity index (χ1v) is 5.25. The van der Waals surface area contributed by atoms with E-state index < -0.39 is 0 Å². The summed E-state index contributed by atoms with van der Waals surface area (Å²) in [6.07, 6.45) is 9.07. The Morgan fingerprint density at radius 2 is 2.29 bits per heavy atom. The predicted octanol–water partition coefficient (Wildman–Crippen LogP) is 1.11. The first-order chi connectivity index (χ1) is 6.81. The summed E-state index contributed by atoms with van der Waals surface area (Å²) < 4.78 is 1.97. The number of hydrogen-bond acceptors (Lipinski definition) is 3. The highest BCUT2D eigenvalue weighted by molar-refractivity contribution is 5.05. The molecule has 1 fully saturated rings. The number of hydrazine groups is 1. The van der Waals surface area contributed by atoms with Crippen molar-refractivity contribution < 1.29 is 0 Å². The Bertz CT molecular complexity index is 288. The molecule has 0 aromatic carbocycles. The fourth-order valence-electron chi connectivity index (χ4n) is 2.35. The van der Waals surface area contributed by atoms with Gasteiger partial charge < -0.3 is 4.57 Å². The molecule has 0 radical (unpaired) electrons. The lowest BCUT2D eigenvalue weighted by atomic mass is 9.96. The zero-order valence-electron chi connectivity index (χ0n) is 8.61. The molecule has 1 aliphatic rings. The molecule has 4 nitrogen and oxygen atoms in total. The normalized spacial score (nSPS) is 20.1. The Hall–Kier alpha value is -0.870. The number of rotatable bonds is 3. The van der Waals surface area contributed by atoms with Crippen LogP contribution in [0.4, 0.5) is 0 Å². The van der Waals surface area contributed by atoms with Gasteiger partial charge in [-0.1, -0.05) is 12.8 Å². The van der Waals surface area contributed by atoms with E-state index in [2.05, 4.69) is 10.4 Å². The number of aryl methyl sites for hydroxylation is 1. The molecule has 0 amide bonds. The summed E-state index contributed by atoms with van der Waals surface area (Å²) in [5.41, 5.74) is 3.97. The van der Waals surface area contributed by atoms with Gasteiger partial charge in [-0.15, -0.1) is 0 Å². The fourth-order valence-corrected chi connectivity index (χ4v) is 2.35. The maximum absolute atomic E-state index is 5.59. The molecule has 1 aromatic heterocycles. The highest BCUT2D eigenvalue weighted by atomic mass is 15.2. The van der Waals surface area contributed by atoms with E-state index >= 15 is 0 Å². The molecule has 1 heterocycles. The van der Waals surface area contributed by atoms with E-state index in [1.165, 1.54) is 25.7 Å². The Kier molecular flexibility index (Phi) is 2.84. The Morgan fingerprint density at radius 3 is 2.79 bits per heavy atom. The maximum atomic E-state index is 5.59. The van der Waals surface area contributed by atoms with Gasteiger partial charge in [0.25, 0.3) is 0 Å². The Morgan fingerprint density at radius 1 is 1.57 bits per heavy atom. The summed E-state index contributed by atoms with van der Waals surface area (Å²) in [5.74, 6) is 6.26. The van der Waals surface area contributed by atoms with Crippen molar-refractivity contribution in [1.82, 2.24) is 15.0 Å². The van der Waals surface area contributed by atoms with Crippen molar-refractivity contribution in [2.75, 3.05) is 0 Å². The van der Waals surface area contributed by atoms with E-state index in [0.29, 0.717) is 5.92 Å². The van der Waals surface area contributed by atoms with Crippen LogP contribution in [0.25, 0.3) is 0 Å². The molecule has 0 spiro atoms. The highest BCUT2D eigenvalue weighted by Gasteiger charge is 2.26. The SMILES string of the molecule is Cn1cnc(C(NN)C2CCCC2)c1. The first-order valence-electron chi connectivity index (χ1n) is 5.25. The van der Waals surface area contributed by atoms with Gasteiger partial charge in [0.05, 0.1) is 18.1 Å². The lowest BCUT2D eigenvalue weighted by Gasteiger charge is -2.20. The summed E-state index contributed by atoms with van der Waals surface area (Å²) in [5, 5.41) is 0. The number of hydrogen-bond donors (Lipinski definition) is 2. The van der Waals surface area contributed by atoms with Gasteiger partial charge >= 0.3 is 0 Å². The van der Waals surface area contributed by atoms with Crippen LogP contribution in [0.5, 0.6) is 0 Å². The summed E-state index contributed by atoms with van der Waals surface area (Å²) in [6.45, 7) is 0. The molecule has 1 unspecified atom stereocenters. The molecule has 1 saturated carbocycles. The van der Waals surface area contributed by atoms with Gasteiger partial charge in [0, 0.05) is 13.2 Å². The smallest absolute Gasteiger partial charge is 0.0947 e. The van der Waals surface area contributed by atoms with Crippen LogP contribution < -0.4 is 11.3 Å². The van der Waals surface area contributed by atoms with Gasteiger partial charge in [0.15, 0.2) is 0 Å². The second-order valence-corrected chi connectivity index (χ2v) is 4.15. The van der Waals surface area contributed by atoms with Crippen LogP contribution in [0.2, 0.25) is 0 Å². The molecule has 14 heavy (non-hydrogen) atoms. The van der Waals surface area contributed by atoms with E-state index in [-0.39, 0.29) is 6.04 Å². The number of imidazole rings is 1. The van der Waals surface area contributed by atoms with Crippen LogP contribution in [0, 0.1) is 5.92 Å². The molecular weight excluding hydrogens is 176 g/mol. The zero-order valence-corrected chi connectivity index (χ0v) is 8.61. The van der Waals surface area contributed by atoms with Gasteiger partial charge in [-0.3, -0.25) is 11.3 Å². The monoisotopic (exact) mass is 194 g/mol. The second-order valence-electron chi connectivity index (χ2n) is 4.15. The van der Waals surface area contributed by atoms with Crippen molar-refractivity contribution in [3.63, 3.8) is 0 Å². The summed E-state index contributed by atoms with van der Waals surface area (Å²) in [6, 6.07) is 0.235. The summed E-state index contributed by atoms with van der Waals surface area (Å²) in [4.78, 5) is 4.35. The Balaban J connectivity index is 2.12. The molecular formula is C10H18N4.